The second kappa shape index (κ2) is 19.0. The molecule has 68 heavy (non-hydrogen) atoms. The molecular weight excluding hydrogens is 821 g/mol. The number of hydrogen-bond acceptors (Lipinski definition) is 1. The van der Waals surface area contributed by atoms with E-state index in [1.807, 2.05) is 0 Å². The number of aryl methyl sites for hydroxylation is 1. The highest BCUT2D eigenvalue weighted by atomic mass is 15.0. The Morgan fingerprint density at radius 3 is 1.91 bits per heavy atom. The second-order valence-electron chi connectivity index (χ2n) is 18.1. The smallest absolute Gasteiger partial charge is 0.0711 e. The highest BCUT2D eigenvalue weighted by Crippen LogP contribution is 2.41. The van der Waals surface area contributed by atoms with Gasteiger partial charge in [0.05, 0.1) is 16.7 Å². The third kappa shape index (κ3) is 8.46. The lowest BCUT2D eigenvalue weighted by atomic mass is 9.84. The minimum atomic E-state index is 0.459. The maximum atomic E-state index is 5.43. The van der Waals surface area contributed by atoms with Crippen molar-refractivity contribution in [3.63, 3.8) is 0 Å². The van der Waals surface area contributed by atoms with Gasteiger partial charge in [-0.25, -0.2) is 0 Å². The van der Waals surface area contributed by atoms with Crippen LogP contribution >= 0.6 is 0 Å². The SMILES string of the molecule is CCC(Cc1ccccc1-c1c(C)cccc1-c1ccc(-n2c3ccccc3c3cc(-c4cccc(/C5=N/C(c6ccccc6)=C\C(c6ccccc6)=C/CC5)c4)ccc32)cc1)c1ccccc1. The van der Waals surface area contributed by atoms with Gasteiger partial charge in [-0.2, -0.15) is 0 Å². The maximum absolute atomic E-state index is 5.43. The fourth-order valence-corrected chi connectivity index (χ4v) is 10.4. The van der Waals surface area contributed by atoms with Crippen LogP contribution in [-0.2, 0) is 6.42 Å². The number of hydrogen-bond donors (Lipinski definition) is 0. The number of nitrogens with zero attached hydrogens (tertiary/aromatic N) is 2. The standard InChI is InChI=1S/C66H54N2/c1-3-47(48-21-7-4-8-22-48)42-55-27-13-14-31-59(55)66-46(2)20-17-33-58(66)50-36-39-57(40-37-50)68-64-35-16-15-32-60(64)61-44-54(38-41-65(61)68)52-28-18-30-56(43-52)62-34-19-29-53(49-23-9-5-10-24-49)45-63(67-62)51-25-11-6-12-26-51/h4-18,20-33,35-41,43-45,47H,3,19,34,42H2,1-2H3/b53-29+,63-45-,67-62+. The van der Waals surface area contributed by atoms with Crippen molar-refractivity contribution in [2.24, 2.45) is 4.99 Å². The predicted molar refractivity (Wildman–Crippen MR) is 290 cm³/mol. The molecule has 0 aliphatic carbocycles. The molecule has 328 valence electrons. The van der Waals surface area contributed by atoms with Gasteiger partial charge in [-0.15, -0.1) is 0 Å². The minimum absolute atomic E-state index is 0.459. The number of para-hydroxylation sites is 1. The molecule has 1 aliphatic rings. The van der Waals surface area contributed by atoms with E-state index in [0.29, 0.717) is 5.92 Å². The van der Waals surface area contributed by atoms with Gasteiger partial charge in [0.1, 0.15) is 0 Å². The fraction of sp³-hybridized carbons (Fsp3) is 0.106. The van der Waals surface area contributed by atoms with Crippen LogP contribution in [0.4, 0.5) is 0 Å². The third-order valence-corrected chi connectivity index (χ3v) is 13.9. The van der Waals surface area contributed by atoms with Crippen molar-refractivity contribution in [3.05, 3.63) is 270 Å². The summed E-state index contributed by atoms with van der Waals surface area (Å²) in [4.78, 5) is 5.43. The molecule has 1 atom stereocenters. The summed E-state index contributed by atoms with van der Waals surface area (Å²) in [6.45, 7) is 4.57. The van der Waals surface area contributed by atoms with Crippen molar-refractivity contribution >= 4 is 38.8 Å². The number of rotatable bonds is 11. The minimum Gasteiger partial charge on any atom is -0.309 e. The summed E-state index contributed by atoms with van der Waals surface area (Å²) in [6, 6.07) is 82.0. The number of benzene rings is 9. The zero-order valence-corrected chi connectivity index (χ0v) is 38.8. The lowest BCUT2D eigenvalue weighted by Gasteiger charge is -2.21. The second-order valence-corrected chi connectivity index (χ2v) is 18.1. The zero-order valence-electron chi connectivity index (χ0n) is 38.8. The van der Waals surface area contributed by atoms with Crippen LogP contribution in [0.15, 0.2) is 242 Å². The van der Waals surface area contributed by atoms with E-state index in [9.17, 15) is 0 Å². The highest BCUT2D eigenvalue weighted by Gasteiger charge is 2.19. The molecule has 0 bridgehead atoms. The molecule has 1 aliphatic heterocycles. The summed E-state index contributed by atoms with van der Waals surface area (Å²) in [6.07, 6.45) is 8.47. The molecule has 1 unspecified atom stereocenters. The molecule has 0 amide bonds. The van der Waals surface area contributed by atoms with Crippen molar-refractivity contribution in [1.29, 1.82) is 0 Å². The van der Waals surface area contributed by atoms with Crippen LogP contribution in [-0.4, -0.2) is 10.3 Å². The Morgan fingerprint density at radius 1 is 0.500 bits per heavy atom. The first-order chi connectivity index (χ1) is 33.6. The maximum Gasteiger partial charge on any atom is 0.0711 e. The summed E-state index contributed by atoms with van der Waals surface area (Å²) in [5, 5.41) is 2.48. The Bertz CT molecular complexity index is 3500. The normalized spacial score (nSPS) is 15.6. The van der Waals surface area contributed by atoms with Crippen molar-refractivity contribution in [2.75, 3.05) is 0 Å². The van der Waals surface area contributed by atoms with Crippen molar-refractivity contribution in [3.8, 4) is 39.1 Å². The number of aromatic nitrogens is 1. The monoisotopic (exact) mass is 874 g/mol. The van der Waals surface area contributed by atoms with E-state index < -0.39 is 0 Å². The number of aliphatic imine (C=N–C) groups is 1. The quantitative estimate of drug-likeness (QED) is 0.123. The molecule has 0 spiro atoms. The summed E-state index contributed by atoms with van der Waals surface area (Å²) < 4.78 is 2.42. The predicted octanol–water partition coefficient (Wildman–Crippen LogP) is 17.5. The molecule has 1 aromatic heterocycles. The lowest BCUT2D eigenvalue weighted by molar-refractivity contribution is 0.661. The van der Waals surface area contributed by atoms with Gasteiger partial charge in [-0.05, 0) is 148 Å². The first-order valence-corrected chi connectivity index (χ1v) is 24.2. The molecule has 0 saturated carbocycles. The molecule has 9 aromatic carbocycles. The first kappa shape index (κ1) is 42.6. The van der Waals surface area contributed by atoms with E-state index >= 15 is 0 Å². The zero-order chi connectivity index (χ0) is 45.8. The molecular formula is C66H54N2. The molecule has 2 heteroatoms. The van der Waals surface area contributed by atoms with Gasteiger partial charge in [0.15, 0.2) is 0 Å². The van der Waals surface area contributed by atoms with Crippen LogP contribution in [0, 0.1) is 6.92 Å². The average molecular weight is 875 g/mol. The van der Waals surface area contributed by atoms with Crippen LogP contribution < -0.4 is 0 Å². The van der Waals surface area contributed by atoms with E-state index in [0.717, 1.165) is 53.9 Å². The molecule has 2 nitrogen and oxygen atoms in total. The Kier molecular flexibility index (Phi) is 11.9. The van der Waals surface area contributed by atoms with Gasteiger partial charge in [0.25, 0.3) is 0 Å². The summed E-state index contributed by atoms with van der Waals surface area (Å²) in [5.74, 6) is 0.459. The molecule has 11 rings (SSSR count). The Labute approximate surface area is 401 Å². The molecule has 0 saturated heterocycles. The van der Waals surface area contributed by atoms with E-state index in [-0.39, 0.29) is 0 Å². The Hall–Kier alpha value is -8.07. The van der Waals surface area contributed by atoms with E-state index in [2.05, 4.69) is 255 Å². The van der Waals surface area contributed by atoms with Crippen LogP contribution in [0.25, 0.3) is 72.1 Å². The van der Waals surface area contributed by atoms with Crippen molar-refractivity contribution in [1.82, 2.24) is 4.57 Å². The van der Waals surface area contributed by atoms with Crippen molar-refractivity contribution < 1.29 is 0 Å². The van der Waals surface area contributed by atoms with Gasteiger partial charge in [0.2, 0.25) is 0 Å². The summed E-state index contributed by atoms with van der Waals surface area (Å²) in [5.41, 5.74) is 21.9. The summed E-state index contributed by atoms with van der Waals surface area (Å²) >= 11 is 0. The van der Waals surface area contributed by atoms with Gasteiger partial charge >= 0.3 is 0 Å². The number of fused-ring (bicyclic) bond motifs is 3. The molecule has 10 aromatic rings. The van der Waals surface area contributed by atoms with E-state index in [1.54, 1.807) is 0 Å². The van der Waals surface area contributed by atoms with E-state index in [1.165, 1.54) is 83.0 Å². The Balaban J connectivity index is 0.930. The van der Waals surface area contributed by atoms with Crippen molar-refractivity contribution in [2.45, 2.75) is 45.4 Å². The third-order valence-electron chi connectivity index (χ3n) is 13.9. The number of allylic oxidation sites excluding steroid dienone is 3. The molecule has 0 N–H and O–H groups in total. The topological polar surface area (TPSA) is 17.3 Å². The largest absolute Gasteiger partial charge is 0.309 e. The van der Waals surface area contributed by atoms with Crippen LogP contribution in [0.3, 0.4) is 0 Å². The van der Waals surface area contributed by atoms with Gasteiger partial charge < -0.3 is 4.57 Å². The van der Waals surface area contributed by atoms with E-state index in [4.69, 9.17) is 4.99 Å². The first-order valence-electron chi connectivity index (χ1n) is 24.2. The highest BCUT2D eigenvalue weighted by molar-refractivity contribution is 6.11. The van der Waals surface area contributed by atoms with Gasteiger partial charge in [-0.3, -0.25) is 4.99 Å². The van der Waals surface area contributed by atoms with Crippen LogP contribution in [0.2, 0.25) is 0 Å². The lowest BCUT2D eigenvalue weighted by Crippen LogP contribution is -2.04. The molecule has 0 radical (unpaired) electrons. The van der Waals surface area contributed by atoms with Crippen LogP contribution in [0.5, 0.6) is 0 Å². The molecule has 2 heterocycles. The van der Waals surface area contributed by atoms with Gasteiger partial charge in [0, 0.05) is 27.7 Å². The van der Waals surface area contributed by atoms with Gasteiger partial charge in [-0.1, -0.05) is 201 Å². The Morgan fingerprint density at radius 2 is 1.12 bits per heavy atom. The van der Waals surface area contributed by atoms with Crippen LogP contribution in [0.1, 0.15) is 65.5 Å². The fourth-order valence-electron chi connectivity index (χ4n) is 10.4. The summed E-state index contributed by atoms with van der Waals surface area (Å²) in [7, 11) is 0. The average Bonchev–Trinajstić information content (AvgIpc) is 3.72. The molecule has 0 fully saturated rings.